The second kappa shape index (κ2) is 2.22. The number of fused-ring (bicyclic) bond motifs is 1. The van der Waals surface area contributed by atoms with Crippen LogP contribution in [0.2, 0.25) is 0 Å². The van der Waals surface area contributed by atoms with Crippen molar-refractivity contribution in [3.05, 3.63) is 0 Å². The maximum absolute atomic E-state index is 3.74. The molecule has 2 heteroatoms. The van der Waals surface area contributed by atoms with Crippen molar-refractivity contribution in [3.63, 3.8) is 0 Å². The lowest BCUT2D eigenvalue weighted by Crippen LogP contribution is -2.05. The van der Waals surface area contributed by atoms with Gasteiger partial charge in [-0.25, -0.2) is 0 Å². The van der Waals surface area contributed by atoms with Crippen LogP contribution in [0.15, 0.2) is 0 Å². The van der Waals surface area contributed by atoms with E-state index in [1.807, 2.05) is 0 Å². The van der Waals surface area contributed by atoms with Crippen LogP contribution in [0.5, 0.6) is 0 Å². The average Bonchev–Trinajstić information content (AvgIpc) is 2.38. The molecule has 0 aliphatic heterocycles. The van der Waals surface area contributed by atoms with Crippen molar-refractivity contribution in [1.82, 2.24) is 0 Å². The van der Waals surface area contributed by atoms with Crippen molar-refractivity contribution in [2.45, 2.75) is 29.4 Å². The average molecular weight is 268 g/mol. The molecule has 10 heavy (non-hydrogen) atoms. The third-order valence-corrected chi connectivity index (χ3v) is 5.28. The molecule has 0 saturated heterocycles. The van der Waals surface area contributed by atoms with E-state index in [2.05, 4.69) is 38.8 Å². The summed E-state index contributed by atoms with van der Waals surface area (Å²) in [4.78, 5) is 0. The van der Waals surface area contributed by atoms with Crippen molar-refractivity contribution >= 4 is 31.9 Å². The Balaban J connectivity index is 2.11. The van der Waals surface area contributed by atoms with Gasteiger partial charge in [0.1, 0.15) is 0 Å². The molecule has 0 nitrogen and oxygen atoms in total. The maximum atomic E-state index is 3.74. The molecule has 0 aromatic heterocycles. The topological polar surface area (TPSA) is 0 Å². The Hall–Kier alpha value is 0.960. The molecule has 0 bridgehead atoms. The predicted octanol–water partition coefficient (Wildman–Crippen LogP) is 3.54. The number of halogens is 2. The zero-order valence-electron chi connectivity index (χ0n) is 6.11. The van der Waals surface area contributed by atoms with Gasteiger partial charge in [-0.05, 0) is 24.2 Å². The fraction of sp³-hybridized carbons (Fsp3) is 1.00. The second-order valence-corrected chi connectivity index (χ2v) is 7.40. The molecule has 0 unspecified atom stereocenters. The van der Waals surface area contributed by atoms with Gasteiger partial charge in [-0.15, -0.1) is 0 Å². The Morgan fingerprint density at radius 2 is 2.00 bits per heavy atom. The van der Waals surface area contributed by atoms with Gasteiger partial charge in [-0.3, -0.25) is 0 Å². The van der Waals surface area contributed by atoms with Gasteiger partial charge in [0.25, 0.3) is 0 Å². The van der Waals surface area contributed by atoms with Crippen LogP contribution in [0, 0.1) is 17.8 Å². The molecule has 2 fully saturated rings. The number of rotatable bonds is 0. The van der Waals surface area contributed by atoms with Crippen LogP contribution in [0.3, 0.4) is 0 Å². The zero-order valence-corrected chi connectivity index (χ0v) is 9.28. The molecule has 0 aromatic rings. The van der Waals surface area contributed by atoms with Crippen LogP contribution >= 0.6 is 31.9 Å². The molecule has 2 aliphatic carbocycles. The molecular formula is C8H12Br2. The Labute approximate surface area is 79.0 Å². The standard InChI is InChI=1S/C8H12Br2/c1-5-3-2-4-6-7(5)8(6,9)10/h5-7H,2-4H2,1H3/t5-,6-,7+/m1/s1. The molecule has 58 valence electrons. The first-order valence-electron chi connectivity index (χ1n) is 4.02. The van der Waals surface area contributed by atoms with Crippen molar-refractivity contribution in [3.8, 4) is 0 Å². The van der Waals surface area contributed by atoms with Gasteiger partial charge < -0.3 is 0 Å². The first-order valence-corrected chi connectivity index (χ1v) is 5.60. The molecule has 0 aromatic carbocycles. The largest absolute Gasteiger partial charge is 0.0871 e. The minimum atomic E-state index is 0.343. The molecule has 0 heterocycles. The van der Waals surface area contributed by atoms with Crippen molar-refractivity contribution in [1.29, 1.82) is 0 Å². The highest BCUT2D eigenvalue weighted by atomic mass is 79.9. The monoisotopic (exact) mass is 266 g/mol. The summed E-state index contributed by atoms with van der Waals surface area (Å²) in [6.07, 6.45) is 4.28. The Morgan fingerprint density at radius 1 is 1.30 bits per heavy atom. The highest BCUT2D eigenvalue weighted by Crippen LogP contribution is 2.69. The van der Waals surface area contributed by atoms with Gasteiger partial charge in [-0.2, -0.15) is 0 Å². The molecular weight excluding hydrogens is 256 g/mol. The third kappa shape index (κ3) is 0.911. The minimum Gasteiger partial charge on any atom is -0.0721 e. The van der Waals surface area contributed by atoms with E-state index in [4.69, 9.17) is 0 Å². The fourth-order valence-corrected chi connectivity index (χ4v) is 4.71. The van der Waals surface area contributed by atoms with E-state index in [1.165, 1.54) is 19.3 Å². The van der Waals surface area contributed by atoms with E-state index in [0.717, 1.165) is 17.8 Å². The van der Waals surface area contributed by atoms with Crippen LogP contribution in [-0.2, 0) is 0 Å². The lowest BCUT2D eigenvalue weighted by molar-refractivity contribution is 0.362. The lowest BCUT2D eigenvalue weighted by atomic mass is 9.91. The van der Waals surface area contributed by atoms with Crippen LogP contribution < -0.4 is 0 Å². The van der Waals surface area contributed by atoms with Gasteiger partial charge in [-0.1, -0.05) is 51.6 Å². The van der Waals surface area contributed by atoms with Gasteiger partial charge in [0, 0.05) is 0 Å². The summed E-state index contributed by atoms with van der Waals surface area (Å²) in [5, 5.41) is 0. The quantitative estimate of drug-likeness (QED) is 0.589. The normalized spacial score (nSPS) is 50.1. The summed E-state index contributed by atoms with van der Waals surface area (Å²) in [6, 6.07) is 0. The number of alkyl halides is 2. The third-order valence-electron chi connectivity index (χ3n) is 3.05. The van der Waals surface area contributed by atoms with Crippen LogP contribution in [-0.4, -0.2) is 3.23 Å². The van der Waals surface area contributed by atoms with Gasteiger partial charge in [0.15, 0.2) is 0 Å². The van der Waals surface area contributed by atoms with Crippen molar-refractivity contribution in [2.75, 3.05) is 0 Å². The van der Waals surface area contributed by atoms with Crippen LogP contribution in [0.4, 0.5) is 0 Å². The smallest absolute Gasteiger partial charge is 0.0721 e. The highest BCUT2D eigenvalue weighted by molar-refractivity contribution is 9.25. The number of hydrogen-bond acceptors (Lipinski definition) is 0. The van der Waals surface area contributed by atoms with E-state index in [9.17, 15) is 0 Å². The van der Waals surface area contributed by atoms with E-state index in [1.54, 1.807) is 0 Å². The zero-order chi connectivity index (χ0) is 7.35. The molecule has 0 N–H and O–H groups in total. The predicted molar refractivity (Wildman–Crippen MR) is 50.6 cm³/mol. The van der Waals surface area contributed by atoms with Crippen molar-refractivity contribution < 1.29 is 0 Å². The van der Waals surface area contributed by atoms with Gasteiger partial charge in [0.2, 0.25) is 0 Å². The minimum absolute atomic E-state index is 0.343. The van der Waals surface area contributed by atoms with Gasteiger partial charge in [0.05, 0.1) is 3.23 Å². The highest BCUT2D eigenvalue weighted by Gasteiger charge is 2.64. The summed E-state index contributed by atoms with van der Waals surface area (Å²) in [5.41, 5.74) is 0. The van der Waals surface area contributed by atoms with E-state index >= 15 is 0 Å². The summed E-state index contributed by atoms with van der Waals surface area (Å²) in [5.74, 6) is 2.77. The Kier molecular flexibility index (Phi) is 1.69. The fourth-order valence-electron chi connectivity index (χ4n) is 2.40. The second-order valence-electron chi connectivity index (χ2n) is 3.71. The summed E-state index contributed by atoms with van der Waals surface area (Å²) in [6.45, 7) is 2.38. The van der Waals surface area contributed by atoms with Crippen molar-refractivity contribution in [2.24, 2.45) is 17.8 Å². The molecule has 0 radical (unpaired) electrons. The van der Waals surface area contributed by atoms with Crippen LogP contribution in [0.25, 0.3) is 0 Å². The maximum Gasteiger partial charge on any atom is 0.0871 e. The number of hydrogen-bond donors (Lipinski definition) is 0. The molecule has 3 atom stereocenters. The first-order chi connectivity index (χ1) is 4.64. The van der Waals surface area contributed by atoms with E-state index < -0.39 is 0 Å². The first kappa shape index (κ1) is 7.60. The SMILES string of the molecule is C[C@@H]1CCC[C@@H]2[C@H]1C2(Br)Br. The lowest BCUT2D eigenvalue weighted by Gasteiger charge is -2.14. The summed E-state index contributed by atoms with van der Waals surface area (Å²) < 4.78 is 0.343. The Bertz CT molecular complexity index is 153. The molecule has 0 amide bonds. The van der Waals surface area contributed by atoms with Crippen LogP contribution in [0.1, 0.15) is 26.2 Å². The Morgan fingerprint density at radius 3 is 2.50 bits per heavy atom. The summed E-state index contributed by atoms with van der Waals surface area (Å²) >= 11 is 7.47. The summed E-state index contributed by atoms with van der Waals surface area (Å²) in [7, 11) is 0. The molecule has 2 saturated carbocycles. The van der Waals surface area contributed by atoms with E-state index in [0.29, 0.717) is 3.23 Å². The molecule has 2 aliphatic rings. The molecule has 2 rings (SSSR count). The van der Waals surface area contributed by atoms with Gasteiger partial charge >= 0.3 is 0 Å². The molecule has 0 spiro atoms. The van der Waals surface area contributed by atoms with E-state index in [-0.39, 0.29) is 0 Å².